The standard InChI is InChI=1S/C18H23N5O2/c1-13-8-17(20-12-19-13)23-9-15(10-23)22(2)11-18(24)21-14-4-6-16(25-3)7-5-14/h4-8,12,15H,9-11H2,1-3H3,(H,21,24). The Morgan fingerprint density at radius 1 is 1.32 bits per heavy atom. The van der Waals surface area contributed by atoms with Crippen LogP contribution in [0.4, 0.5) is 11.5 Å². The summed E-state index contributed by atoms with van der Waals surface area (Å²) in [5.74, 6) is 1.69. The Labute approximate surface area is 147 Å². The van der Waals surface area contributed by atoms with Crippen LogP contribution in [0.1, 0.15) is 5.69 Å². The molecular formula is C18H23N5O2. The third-order valence-corrected chi connectivity index (χ3v) is 4.37. The Bertz CT molecular complexity index is 729. The van der Waals surface area contributed by atoms with Crippen molar-refractivity contribution < 1.29 is 9.53 Å². The highest BCUT2D eigenvalue weighted by Crippen LogP contribution is 2.21. The maximum Gasteiger partial charge on any atom is 0.238 e. The number of carbonyl (C=O) groups excluding carboxylic acids is 1. The zero-order valence-corrected chi connectivity index (χ0v) is 14.8. The number of ether oxygens (including phenoxy) is 1. The second kappa shape index (κ2) is 7.48. The molecule has 0 atom stereocenters. The van der Waals surface area contributed by atoms with E-state index in [2.05, 4.69) is 25.1 Å². The van der Waals surface area contributed by atoms with Gasteiger partial charge in [-0.05, 0) is 38.2 Å². The van der Waals surface area contributed by atoms with E-state index >= 15 is 0 Å². The molecule has 2 heterocycles. The van der Waals surface area contributed by atoms with E-state index in [9.17, 15) is 4.79 Å². The van der Waals surface area contributed by atoms with Gasteiger partial charge in [0.05, 0.1) is 13.7 Å². The molecule has 132 valence electrons. The van der Waals surface area contributed by atoms with Crippen molar-refractivity contribution in [2.75, 3.05) is 44.0 Å². The monoisotopic (exact) mass is 341 g/mol. The summed E-state index contributed by atoms with van der Waals surface area (Å²) >= 11 is 0. The lowest BCUT2D eigenvalue weighted by Gasteiger charge is -2.44. The Morgan fingerprint density at radius 3 is 2.68 bits per heavy atom. The van der Waals surface area contributed by atoms with E-state index in [-0.39, 0.29) is 5.91 Å². The maximum atomic E-state index is 12.2. The molecule has 0 unspecified atom stereocenters. The number of aryl methyl sites for hydroxylation is 1. The molecule has 1 N–H and O–H groups in total. The van der Waals surface area contributed by atoms with Crippen LogP contribution >= 0.6 is 0 Å². The van der Waals surface area contributed by atoms with Crippen LogP contribution in [-0.4, -0.2) is 60.6 Å². The number of nitrogens with one attached hydrogen (secondary N) is 1. The fraction of sp³-hybridized carbons (Fsp3) is 0.389. The first-order valence-corrected chi connectivity index (χ1v) is 8.23. The molecule has 0 bridgehead atoms. The van der Waals surface area contributed by atoms with Gasteiger partial charge in [-0.1, -0.05) is 0 Å². The lowest BCUT2D eigenvalue weighted by molar-refractivity contribution is -0.117. The van der Waals surface area contributed by atoms with Gasteiger partial charge in [-0.25, -0.2) is 9.97 Å². The van der Waals surface area contributed by atoms with E-state index in [1.807, 2.05) is 44.3 Å². The van der Waals surface area contributed by atoms with Crippen LogP contribution in [0, 0.1) is 6.92 Å². The second-order valence-corrected chi connectivity index (χ2v) is 6.27. The molecule has 7 heteroatoms. The van der Waals surface area contributed by atoms with Crippen LogP contribution in [0.25, 0.3) is 0 Å². The minimum atomic E-state index is -0.0241. The van der Waals surface area contributed by atoms with E-state index in [4.69, 9.17) is 4.74 Å². The summed E-state index contributed by atoms with van der Waals surface area (Å²) in [6, 6.07) is 9.64. The summed E-state index contributed by atoms with van der Waals surface area (Å²) < 4.78 is 5.11. The molecule has 0 saturated carbocycles. The number of hydrogen-bond acceptors (Lipinski definition) is 6. The summed E-state index contributed by atoms with van der Waals surface area (Å²) in [7, 11) is 3.59. The van der Waals surface area contributed by atoms with Gasteiger partial charge in [-0.15, -0.1) is 0 Å². The largest absolute Gasteiger partial charge is 0.497 e. The van der Waals surface area contributed by atoms with Gasteiger partial charge in [0.2, 0.25) is 5.91 Å². The Hall–Kier alpha value is -2.67. The predicted molar refractivity (Wildman–Crippen MR) is 97.0 cm³/mol. The highest BCUT2D eigenvalue weighted by molar-refractivity contribution is 5.92. The highest BCUT2D eigenvalue weighted by Gasteiger charge is 2.31. The summed E-state index contributed by atoms with van der Waals surface area (Å²) in [4.78, 5) is 24.9. The van der Waals surface area contributed by atoms with Crippen LogP contribution < -0.4 is 15.0 Å². The molecule has 25 heavy (non-hydrogen) atoms. The molecule has 1 aromatic heterocycles. The van der Waals surface area contributed by atoms with Crippen LogP contribution in [0.5, 0.6) is 5.75 Å². The number of amides is 1. The van der Waals surface area contributed by atoms with Crippen molar-refractivity contribution in [3.8, 4) is 5.75 Å². The van der Waals surface area contributed by atoms with Crippen LogP contribution in [-0.2, 0) is 4.79 Å². The first-order valence-electron chi connectivity index (χ1n) is 8.23. The quantitative estimate of drug-likeness (QED) is 0.860. The normalized spacial score (nSPS) is 14.3. The van der Waals surface area contributed by atoms with E-state index in [0.717, 1.165) is 36.0 Å². The van der Waals surface area contributed by atoms with Gasteiger partial charge in [-0.3, -0.25) is 9.69 Å². The molecule has 1 aliphatic rings. The van der Waals surface area contributed by atoms with E-state index in [1.54, 1.807) is 13.4 Å². The van der Waals surface area contributed by atoms with Gasteiger partial charge in [0.25, 0.3) is 0 Å². The van der Waals surface area contributed by atoms with E-state index in [0.29, 0.717) is 12.6 Å². The van der Waals surface area contributed by atoms with E-state index in [1.165, 1.54) is 0 Å². The number of aromatic nitrogens is 2. The number of methoxy groups -OCH3 is 1. The average Bonchev–Trinajstić information content (AvgIpc) is 2.54. The van der Waals surface area contributed by atoms with Crippen molar-refractivity contribution in [3.05, 3.63) is 42.4 Å². The zero-order chi connectivity index (χ0) is 17.8. The number of anilines is 2. The van der Waals surface area contributed by atoms with Gasteiger partial charge in [0.15, 0.2) is 0 Å². The molecule has 3 rings (SSSR count). The molecular weight excluding hydrogens is 318 g/mol. The maximum absolute atomic E-state index is 12.2. The Morgan fingerprint density at radius 2 is 2.04 bits per heavy atom. The molecule has 1 fully saturated rings. The third-order valence-electron chi connectivity index (χ3n) is 4.37. The molecule has 0 radical (unpaired) electrons. The van der Waals surface area contributed by atoms with E-state index < -0.39 is 0 Å². The SMILES string of the molecule is COc1ccc(NC(=O)CN(C)C2CN(c3cc(C)ncn3)C2)cc1. The third kappa shape index (κ3) is 4.24. The summed E-state index contributed by atoms with van der Waals surface area (Å²) in [5.41, 5.74) is 1.73. The fourth-order valence-corrected chi connectivity index (χ4v) is 2.77. The molecule has 0 aliphatic carbocycles. The minimum Gasteiger partial charge on any atom is -0.497 e. The van der Waals surface area contributed by atoms with Crippen molar-refractivity contribution in [2.45, 2.75) is 13.0 Å². The number of likely N-dealkylation sites (N-methyl/N-ethyl adjacent to an activating group) is 1. The molecule has 0 spiro atoms. The summed E-state index contributed by atoms with van der Waals surface area (Å²) in [5, 5.41) is 2.91. The number of benzene rings is 1. The summed E-state index contributed by atoms with van der Waals surface area (Å²) in [6.07, 6.45) is 1.59. The molecule has 1 amide bonds. The van der Waals surface area contributed by atoms with Gasteiger partial charge >= 0.3 is 0 Å². The lowest BCUT2D eigenvalue weighted by atomic mass is 10.1. The van der Waals surface area contributed by atoms with Crippen molar-refractivity contribution in [2.24, 2.45) is 0 Å². The van der Waals surface area contributed by atoms with Crippen molar-refractivity contribution >= 4 is 17.4 Å². The van der Waals surface area contributed by atoms with Gasteiger partial charge in [0, 0.05) is 36.6 Å². The van der Waals surface area contributed by atoms with Gasteiger partial charge in [0.1, 0.15) is 17.9 Å². The molecule has 2 aromatic rings. The smallest absolute Gasteiger partial charge is 0.238 e. The lowest BCUT2D eigenvalue weighted by Crippen LogP contribution is -2.59. The number of hydrogen-bond donors (Lipinski definition) is 1. The van der Waals surface area contributed by atoms with Gasteiger partial charge in [-0.2, -0.15) is 0 Å². The number of rotatable bonds is 6. The average molecular weight is 341 g/mol. The first kappa shape index (κ1) is 17.2. The number of nitrogens with zero attached hydrogens (tertiary/aromatic N) is 4. The fourth-order valence-electron chi connectivity index (χ4n) is 2.77. The van der Waals surface area contributed by atoms with Crippen molar-refractivity contribution in [3.63, 3.8) is 0 Å². The van der Waals surface area contributed by atoms with Crippen LogP contribution in [0.3, 0.4) is 0 Å². The Kier molecular flexibility index (Phi) is 5.14. The zero-order valence-electron chi connectivity index (χ0n) is 14.8. The van der Waals surface area contributed by atoms with Crippen LogP contribution in [0.15, 0.2) is 36.7 Å². The minimum absolute atomic E-state index is 0.0241. The second-order valence-electron chi connectivity index (χ2n) is 6.27. The van der Waals surface area contributed by atoms with Crippen LogP contribution in [0.2, 0.25) is 0 Å². The summed E-state index contributed by atoms with van der Waals surface area (Å²) in [6.45, 7) is 4.04. The molecule has 1 saturated heterocycles. The van der Waals surface area contributed by atoms with Gasteiger partial charge < -0.3 is 15.0 Å². The van der Waals surface area contributed by atoms with Crippen molar-refractivity contribution in [1.29, 1.82) is 0 Å². The topological polar surface area (TPSA) is 70.6 Å². The highest BCUT2D eigenvalue weighted by atomic mass is 16.5. The number of carbonyl (C=O) groups is 1. The molecule has 1 aliphatic heterocycles. The molecule has 7 nitrogen and oxygen atoms in total. The molecule has 1 aromatic carbocycles. The Balaban J connectivity index is 1.46. The first-order chi connectivity index (χ1) is 12.0. The van der Waals surface area contributed by atoms with Crippen molar-refractivity contribution in [1.82, 2.24) is 14.9 Å². The predicted octanol–water partition coefficient (Wildman–Crippen LogP) is 1.55.